The van der Waals surface area contributed by atoms with Gasteiger partial charge in [-0.3, -0.25) is 9.59 Å². The topological polar surface area (TPSA) is 105 Å². The fraction of sp³-hybridized carbons (Fsp3) is 0.444. The largest absolute Gasteiger partial charge is 0.481 e. The minimum atomic E-state index is -0.791. The van der Waals surface area contributed by atoms with Crippen molar-refractivity contribution < 1.29 is 24.2 Å². The normalized spacial score (nSPS) is 30.4. The van der Waals surface area contributed by atoms with E-state index in [0.717, 1.165) is 12.8 Å². The summed E-state index contributed by atoms with van der Waals surface area (Å²) in [5.74, 6) is -0.820. The van der Waals surface area contributed by atoms with Gasteiger partial charge in [-0.05, 0) is 60.3 Å². The average molecular weight is 461 g/mol. The van der Waals surface area contributed by atoms with E-state index >= 15 is 0 Å². The summed E-state index contributed by atoms with van der Waals surface area (Å²) in [4.78, 5) is 36.4. The lowest BCUT2D eigenvalue weighted by Gasteiger charge is -2.34. The van der Waals surface area contributed by atoms with E-state index in [-0.39, 0.29) is 42.4 Å². The van der Waals surface area contributed by atoms with E-state index in [1.165, 1.54) is 22.3 Å². The van der Waals surface area contributed by atoms with Crippen molar-refractivity contribution in [3.05, 3.63) is 59.7 Å². The number of carbonyl (C=O) groups is 3. The average Bonchev–Trinajstić information content (AvgIpc) is 3.22. The summed E-state index contributed by atoms with van der Waals surface area (Å²) in [6.45, 7) is 0.272. The molecule has 0 spiro atoms. The van der Waals surface area contributed by atoms with E-state index in [1.807, 2.05) is 24.3 Å². The summed E-state index contributed by atoms with van der Waals surface area (Å²) in [6.07, 6.45) is 2.80. The van der Waals surface area contributed by atoms with Gasteiger partial charge < -0.3 is 20.5 Å². The van der Waals surface area contributed by atoms with Gasteiger partial charge in [0.25, 0.3) is 0 Å². The molecule has 34 heavy (non-hydrogen) atoms. The Morgan fingerprint density at radius 3 is 2.18 bits per heavy atom. The Balaban J connectivity index is 1.02. The van der Waals surface area contributed by atoms with Crippen LogP contribution in [0, 0.1) is 17.3 Å². The van der Waals surface area contributed by atoms with Gasteiger partial charge in [-0.15, -0.1) is 0 Å². The number of rotatable bonds is 6. The number of ether oxygens (including phenoxy) is 1. The lowest BCUT2D eigenvalue weighted by Crippen LogP contribution is -2.49. The highest BCUT2D eigenvalue weighted by Crippen LogP contribution is 2.63. The molecule has 3 N–H and O–H groups in total. The molecule has 176 valence electrons. The summed E-state index contributed by atoms with van der Waals surface area (Å²) in [7, 11) is 0. The second kappa shape index (κ2) is 7.86. The third kappa shape index (κ3) is 3.45. The van der Waals surface area contributed by atoms with Gasteiger partial charge in [0.2, 0.25) is 5.91 Å². The molecular formula is C27H28N2O5. The van der Waals surface area contributed by atoms with E-state index in [2.05, 4.69) is 34.9 Å². The summed E-state index contributed by atoms with van der Waals surface area (Å²) in [5, 5.41) is 15.0. The van der Waals surface area contributed by atoms with Crippen LogP contribution >= 0.6 is 0 Å². The number of carboxylic acids is 1. The molecule has 2 aromatic rings. The van der Waals surface area contributed by atoms with Gasteiger partial charge in [0.05, 0.1) is 11.3 Å². The highest BCUT2D eigenvalue weighted by Gasteiger charge is 2.65. The van der Waals surface area contributed by atoms with E-state index in [1.54, 1.807) is 0 Å². The zero-order valence-corrected chi connectivity index (χ0v) is 18.8. The van der Waals surface area contributed by atoms with Gasteiger partial charge in [0, 0.05) is 18.0 Å². The number of carboxylic acid groups (broad SMARTS) is 1. The van der Waals surface area contributed by atoms with E-state index in [0.29, 0.717) is 19.3 Å². The van der Waals surface area contributed by atoms with Gasteiger partial charge in [0.1, 0.15) is 6.61 Å². The van der Waals surface area contributed by atoms with Crippen molar-refractivity contribution >= 4 is 18.0 Å². The molecule has 0 aliphatic heterocycles. The summed E-state index contributed by atoms with van der Waals surface area (Å²) in [5.41, 5.74) is 4.33. The Bertz CT molecular complexity index is 1130. The Morgan fingerprint density at radius 1 is 0.882 bits per heavy atom. The molecule has 4 aliphatic carbocycles. The number of nitrogens with one attached hydrogen (secondary N) is 2. The molecular weight excluding hydrogens is 432 g/mol. The van der Waals surface area contributed by atoms with Crippen LogP contribution in [0.25, 0.3) is 11.1 Å². The van der Waals surface area contributed by atoms with Crippen LogP contribution in [-0.2, 0) is 14.3 Å². The van der Waals surface area contributed by atoms with Gasteiger partial charge >= 0.3 is 12.1 Å². The molecule has 2 aromatic carbocycles. The van der Waals surface area contributed by atoms with Gasteiger partial charge in [0.15, 0.2) is 0 Å². The third-order valence-corrected chi connectivity index (χ3v) is 8.35. The number of benzene rings is 2. The first kappa shape index (κ1) is 21.2. The van der Waals surface area contributed by atoms with Crippen LogP contribution in [0.4, 0.5) is 4.79 Å². The molecule has 0 aromatic heterocycles. The fourth-order valence-corrected chi connectivity index (χ4v) is 6.36. The van der Waals surface area contributed by atoms with Gasteiger partial charge in [-0.2, -0.15) is 0 Å². The Hall–Kier alpha value is -3.35. The van der Waals surface area contributed by atoms with Crippen LogP contribution in [0.2, 0.25) is 0 Å². The molecule has 3 saturated carbocycles. The summed E-state index contributed by atoms with van der Waals surface area (Å²) in [6, 6.07) is 16.4. The molecule has 4 aliphatic rings. The van der Waals surface area contributed by atoms with Crippen molar-refractivity contribution in [2.75, 3.05) is 6.61 Å². The van der Waals surface area contributed by atoms with Crippen LogP contribution in [-0.4, -0.2) is 41.8 Å². The second-order valence-electron chi connectivity index (χ2n) is 10.3. The number of fused-ring (bicyclic) bond motifs is 4. The molecule has 0 radical (unpaired) electrons. The van der Waals surface area contributed by atoms with E-state index in [4.69, 9.17) is 9.84 Å². The number of amides is 2. The van der Waals surface area contributed by atoms with Gasteiger partial charge in [-0.1, -0.05) is 48.5 Å². The van der Waals surface area contributed by atoms with Crippen molar-refractivity contribution in [2.45, 2.75) is 50.1 Å². The Morgan fingerprint density at radius 2 is 1.53 bits per heavy atom. The zero-order valence-electron chi connectivity index (χ0n) is 18.8. The second-order valence-corrected chi connectivity index (χ2v) is 10.3. The lowest BCUT2D eigenvalue weighted by atomic mass is 9.80. The smallest absolute Gasteiger partial charge is 0.407 e. The number of carbonyl (C=O) groups excluding carboxylic acids is 2. The molecule has 3 fully saturated rings. The van der Waals surface area contributed by atoms with Crippen molar-refractivity contribution in [1.29, 1.82) is 0 Å². The first-order valence-corrected chi connectivity index (χ1v) is 12.1. The van der Waals surface area contributed by atoms with Crippen LogP contribution in [0.3, 0.4) is 0 Å². The molecule has 7 nitrogen and oxygen atoms in total. The number of hydrogen-bond donors (Lipinski definition) is 3. The van der Waals surface area contributed by atoms with Crippen molar-refractivity contribution in [2.24, 2.45) is 17.3 Å². The molecule has 0 heterocycles. The monoisotopic (exact) mass is 460 g/mol. The SMILES string of the molecule is O=C(N[C@@H]1C[C@H]2C[C@@]2(C(=O)NC2CC(C(=O)O)C2)C1)OCC1c2ccccc2-c2ccccc21. The maximum absolute atomic E-state index is 12.9. The highest BCUT2D eigenvalue weighted by atomic mass is 16.5. The number of hydrogen-bond acceptors (Lipinski definition) is 4. The van der Waals surface area contributed by atoms with Crippen LogP contribution in [0.1, 0.15) is 49.1 Å². The predicted octanol–water partition coefficient (Wildman–Crippen LogP) is 3.67. The van der Waals surface area contributed by atoms with Crippen LogP contribution in [0.5, 0.6) is 0 Å². The van der Waals surface area contributed by atoms with Crippen molar-refractivity contribution in [3.63, 3.8) is 0 Å². The minimum Gasteiger partial charge on any atom is -0.481 e. The molecule has 2 amide bonds. The molecule has 3 atom stereocenters. The maximum Gasteiger partial charge on any atom is 0.407 e. The van der Waals surface area contributed by atoms with Gasteiger partial charge in [-0.25, -0.2) is 4.79 Å². The molecule has 6 rings (SSSR count). The molecule has 7 heteroatoms. The first-order chi connectivity index (χ1) is 16.4. The van der Waals surface area contributed by atoms with E-state index < -0.39 is 17.5 Å². The maximum atomic E-state index is 12.9. The summed E-state index contributed by atoms with van der Waals surface area (Å²) >= 11 is 0. The van der Waals surface area contributed by atoms with Crippen molar-refractivity contribution in [1.82, 2.24) is 10.6 Å². The van der Waals surface area contributed by atoms with Crippen LogP contribution < -0.4 is 10.6 Å². The predicted molar refractivity (Wildman–Crippen MR) is 124 cm³/mol. The van der Waals surface area contributed by atoms with Crippen LogP contribution in [0.15, 0.2) is 48.5 Å². The minimum absolute atomic E-state index is 0.0168. The Kier molecular flexibility index (Phi) is 4.90. The number of alkyl carbamates (subject to hydrolysis) is 1. The van der Waals surface area contributed by atoms with Crippen molar-refractivity contribution in [3.8, 4) is 11.1 Å². The van der Waals surface area contributed by atoms with E-state index in [9.17, 15) is 14.4 Å². The lowest BCUT2D eigenvalue weighted by molar-refractivity contribution is -0.146. The molecule has 0 unspecified atom stereocenters. The quantitative estimate of drug-likeness (QED) is 0.610. The first-order valence-electron chi connectivity index (χ1n) is 12.1. The Labute approximate surface area is 197 Å². The summed E-state index contributed by atoms with van der Waals surface area (Å²) < 4.78 is 5.66. The number of aliphatic carboxylic acids is 1. The third-order valence-electron chi connectivity index (χ3n) is 8.35. The molecule has 0 bridgehead atoms. The zero-order chi connectivity index (χ0) is 23.4. The fourth-order valence-electron chi connectivity index (χ4n) is 6.36. The standard InChI is InChI=1S/C27H28N2O5/c30-24(31)15-9-17(10-15)28-25(32)27-12-16(27)11-18(13-27)29-26(33)34-14-23-21-7-3-1-5-19(21)20-6-2-4-8-22(20)23/h1-8,15-18,23H,9-14H2,(H,28,32)(H,29,33)(H,30,31)/t15?,16-,17?,18+,27+/m0/s1. The highest BCUT2D eigenvalue weighted by molar-refractivity contribution is 5.87. The molecule has 0 saturated heterocycles.